The molecule has 7 nitrogen and oxygen atoms in total. The summed E-state index contributed by atoms with van der Waals surface area (Å²) in [4.78, 5) is 17.0. The second kappa shape index (κ2) is 6.37. The smallest absolute Gasteiger partial charge is 0.225 e. The zero-order valence-electron chi connectivity index (χ0n) is 14.2. The van der Waals surface area contributed by atoms with E-state index in [1.54, 1.807) is 4.52 Å². The first-order valence-electron chi connectivity index (χ1n) is 8.95. The lowest BCUT2D eigenvalue weighted by Gasteiger charge is -2.36. The van der Waals surface area contributed by atoms with Crippen molar-refractivity contribution in [2.75, 3.05) is 31.1 Å². The molecule has 0 bridgehead atoms. The van der Waals surface area contributed by atoms with Gasteiger partial charge in [-0.25, -0.2) is 0 Å². The van der Waals surface area contributed by atoms with Gasteiger partial charge in [-0.15, -0.1) is 15.3 Å². The van der Waals surface area contributed by atoms with Crippen LogP contribution in [-0.4, -0.2) is 56.8 Å². The Kier molecular flexibility index (Phi) is 4.08. The summed E-state index contributed by atoms with van der Waals surface area (Å²) in [6, 6.07) is 3.95. The molecule has 1 amide bonds. The fraction of sp³-hybridized carbons (Fsp3) is 0.647. The van der Waals surface area contributed by atoms with Crippen molar-refractivity contribution >= 4 is 17.4 Å². The maximum absolute atomic E-state index is 12.7. The summed E-state index contributed by atoms with van der Waals surface area (Å²) in [5, 5.41) is 12.8. The number of piperidine rings is 2. The molecule has 2 fully saturated rings. The SMILES string of the molecule is Cc1nnc2ccc(N3CCC(C(=O)N4CCCCC4)CC3)nn12. The lowest BCUT2D eigenvalue weighted by molar-refractivity contribution is -0.137. The van der Waals surface area contributed by atoms with Crippen molar-refractivity contribution in [3.8, 4) is 0 Å². The summed E-state index contributed by atoms with van der Waals surface area (Å²) in [7, 11) is 0. The molecule has 2 saturated heterocycles. The number of nitrogens with zero attached hydrogens (tertiary/aromatic N) is 6. The normalized spacial score (nSPS) is 19.9. The Labute approximate surface area is 141 Å². The minimum absolute atomic E-state index is 0.180. The molecule has 2 aromatic rings. The van der Waals surface area contributed by atoms with E-state index >= 15 is 0 Å². The van der Waals surface area contributed by atoms with Crippen LogP contribution in [0.25, 0.3) is 5.65 Å². The number of hydrogen-bond donors (Lipinski definition) is 0. The van der Waals surface area contributed by atoms with Crippen LogP contribution in [0.3, 0.4) is 0 Å². The fourth-order valence-corrected chi connectivity index (χ4v) is 3.78. The topological polar surface area (TPSA) is 66.6 Å². The Bertz CT molecular complexity index is 728. The summed E-state index contributed by atoms with van der Waals surface area (Å²) in [5.41, 5.74) is 0.770. The third-order valence-electron chi connectivity index (χ3n) is 5.24. The van der Waals surface area contributed by atoms with Crippen LogP contribution in [-0.2, 0) is 4.79 Å². The number of carbonyl (C=O) groups excluding carboxylic acids is 1. The quantitative estimate of drug-likeness (QED) is 0.839. The number of aromatic nitrogens is 4. The minimum atomic E-state index is 0.180. The van der Waals surface area contributed by atoms with Crippen LogP contribution in [0.4, 0.5) is 5.82 Å². The average molecular weight is 328 g/mol. The number of hydrogen-bond acceptors (Lipinski definition) is 5. The highest BCUT2D eigenvalue weighted by atomic mass is 16.2. The zero-order chi connectivity index (χ0) is 16.5. The van der Waals surface area contributed by atoms with Crippen LogP contribution in [0, 0.1) is 12.8 Å². The molecule has 2 aliphatic rings. The van der Waals surface area contributed by atoms with Gasteiger partial charge in [-0.3, -0.25) is 4.79 Å². The third kappa shape index (κ3) is 2.83. The molecule has 7 heteroatoms. The number of amides is 1. The molecule has 0 aliphatic carbocycles. The maximum Gasteiger partial charge on any atom is 0.225 e. The average Bonchev–Trinajstić information content (AvgIpc) is 3.02. The van der Waals surface area contributed by atoms with Crippen molar-refractivity contribution in [2.45, 2.75) is 39.0 Å². The molecule has 2 aromatic heterocycles. The summed E-state index contributed by atoms with van der Waals surface area (Å²) in [6.07, 6.45) is 5.41. The molecule has 0 N–H and O–H groups in total. The predicted octanol–water partition coefficient (Wildman–Crippen LogP) is 1.66. The molecule has 0 atom stereocenters. The highest BCUT2D eigenvalue weighted by molar-refractivity contribution is 5.79. The van der Waals surface area contributed by atoms with E-state index in [-0.39, 0.29) is 5.92 Å². The van der Waals surface area contributed by atoms with Crippen LogP contribution >= 0.6 is 0 Å². The van der Waals surface area contributed by atoms with Crippen molar-refractivity contribution in [3.63, 3.8) is 0 Å². The summed E-state index contributed by atoms with van der Waals surface area (Å²) >= 11 is 0. The van der Waals surface area contributed by atoms with Gasteiger partial charge in [-0.1, -0.05) is 0 Å². The lowest BCUT2D eigenvalue weighted by atomic mass is 9.94. The van der Waals surface area contributed by atoms with E-state index in [0.717, 1.165) is 69.2 Å². The van der Waals surface area contributed by atoms with Crippen LogP contribution in [0.1, 0.15) is 37.9 Å². The van der Waals surface area contributed by atoms with Crippen molar-refractivity contribution < 1.29 is 4.79 Å². The number of anilines is 1. The monoisotopic (exact) mass is 328 g/mol. The number of likely N-dealkylation sites (tertiary alicyclic amines) is 1. The van der Waals surface area contributed by atoms with E-state index in [0.29, 0.717) is 5.91 Å². The zero-order valence-corrected chi connectivity index (χ0v) is 14.2. The Balaban J connectivity index is 1.41. The molecule has 0 saturated carbocycles. The molecule has 0 unspecified atom stereocenters. The second-order valence-electron chi connectivity index (χ2n) is 6.86. The first-order valence-corrected chi connectivity index (χ1v) is 8.95. The van der Waals surface area contributed by atoms with Gasteiger partial charge in [0.15, 0.2) is 11.5 Å². The Hall–Kier alpha value is -2.18. The number of rotatable bonds is 2. The highest BCUT2D eigenvalue weighted by Crippen LogP contribution is 2.24. The highest BCUT2D eigenvalue weighted by Gasteiger charge is 2.29. The van der Waals surface area contributed by atoms with E-state index < -0.39 is 0 Å². The molecule has 128 valence electrons. The van der Waals surface area contributed by atoms with Crippen LogP contribution in [0.2, 0.25) is 0 Å². The van der Waals surface area contributed by atoms with E-state index in [1.807, 2.05) is 19.1 Å². The first kappa shape index (κ1) is 15.4. The molecule has 0 spiro atoms. The van der Waals surface area contributed by atoms with E-state index in [4.69, 9.17) is 0 Å². The van der Waals surface area contributed by atoms with Crippen LogP contribution < -0.4 is 4.90 Å². The van der Waals surface area contributed by atoms with Crippen molar-refractivity contribution in [2.24, 2.45) is 5.92 Å². The number of carbonyl (C=O) groups is 1. The van der Waals surface area contributed by atoms with Gasteiger partial charge in [0, 0.05) is 32.1 Å². The van der Waals surface area contributed by atoms with E-state index in [2.05, 4.69) is 25.1 Å². The molecule has 4 rings (SSSR count). The van der Waals surface area contributed by atoms with Gasteiger partial charge in [-0.2, -0.15) is 4.52 Å². The molecule has 24 heavy (non-hydrogen) atoms. The van der Waals surface area contributed by atoms with Gasteiger partial charge in [0.1, 0.15) is 5.82 Å². The predicted molar refractivity (Wildman–Crippen MR) is 90.9 cm³/mol. The summed E-state index contributed by atoms with van der Waals surface area (Å²) in [5.74, 6) is 2.28. The van der Waals surface area contributed by atoms with Gasteiger partial charge < -0.3 is 9.80 Å². The van der Waals surface area contributed by atoms with Gasteiger partial charge in [0.2, 0.25) is 5.91 Å². The minimum Gasteiger partial charge on any atom is -0.355 e. The Morgan fingerprint density at radius 3 is 2.54 bits per heavy atom. The van der Waals surface area contributed by atoms with Gasteiger partial charge in [0.05, 0.1) is 0 Å². The molecule has 0 radical (unpaired) electrons. The number of fused-ring (bicyclic) bond motifs is 1. The van der Waals surface area contributed by atoms with Crippen molar-refractivity contribution in [1.82, 2.24) is 24.7 Å². The largest absolute Gasteiger partial charge is 0.355 e. The maximum atomic E-state index is 12.7. The standard InChI is InChI=1S/C17H24N6O/c1-13-18-19-15-5-6-16(20-23(13)15)21-11-7-14(8-12-21)17(24)22-9-3-2-4-10-22/h5-6,14H,2-4,7-12H2,1H3. The molecule has 0 aromatic carbocycles. The van der Waals surface area contributed by atoms with Crippen molar-refractivity contribution in [1.29, 1.82) is 0 Å². The van der Waals surface area contributed by atoms with Crippen molar-refractivity contribution in [3.05, 3.63) is 18.0 Å². The van der Waals surface area contributed by atoms with E-state index in [1.165, 1.54) is 6.42 Å². The van der Waals surface area contributed by atoms with Crippen LogP contribution in [0.5, 0.6) is 0 Å². The third-order valence-corrected chi connectivity index (χ3v) is 5.24. The lowest BCUT2D eigenvalue weighted by Crippen LogP contribution is -2.44. The first-order chi connectivity index (χ1) is 11.7. The number of aryl methyl sites for hydroxylation is 1. The Morgan fingerprint density at radius 1 is 1.04 bits per heavy atom. The fourth-order valence-electron chi connectivity index (χ4n) is 3.78. The summed E-state index contributed by atoms with van der Waals surface area (Å²) in [6.45, 7) is 5.56. The molecule has 4 heterocycles. The van der Waals surface area contributed by atoms with E-state index in [9.17, 15) is 4.79 Å². The molecular formula is C17H24N6O. The van der Waals surface area contributed by atoms with Gasteiger partial charge in [-0.05, 0) is 51.2 Å². The summed E-state index contributed by atoms with van der Waals surface area (Å²) < 4.78 is 1.78. The molecule has 2 aliphatic heterocycles. The van der Waals surface area contributed by atoms with Crippen LogP contribution in [0.15, 0.2) is 12.1 Å². The van der Waals surface area contributed by atoms with Gasteiger partial charge >= 0.3 is 0 Å². The Morgan fingerprint density at radius 2 is 1.79 bits per heavy atom. The second-order valence-corrected chi connectivity index (χ2v) is 6.86. The molecular weight excluding hydrogens is 304 g/mol. The van der Waals surface area contributed by atoms with Gasteiger partial charge in [0.25, 0.3) is 0 Å².